The van der Waals surface area contributed by atoms with E-state index in [1.165, 1.54) is 11.6 Å². The third-order valence-electron chi connectivity index (χ3n) is 3.68. The van der Waals surface area contributed by atoms with Gasteiger partial charge in [0.1, 0.15) is 5.82 Å². The number of aryl methyl sites for hydroxylation is 1. The van der Waals surface area contributed by atoms with Crippen molar-refractivity contribution in [2.75, 3.05) is 19.6 Å². The summed E-state index contributed by atoms with van der Waals surface area (Å²) in [5, 5.41) is 5.64. The van der Waals surface area contributed by atoms with Gasteiger partial charge in [-0.15, -0.1) is 0 Å². The number of nitrogens with one attached hydrogen (secondary N) is 2. The van der Waals surface area contributed by atoms with Gasteiger partial charge in [0.25, 0.3) is 5.91 Å². The third-order valence-corrected chi connectivity index (χ3v) is 3.68. The molecular formula is C19H23FN4O. The zero-order valence-corrected chi connectivity index (χ0v) is 14.3. The third kappa shape index (κ3) is 6.25. The summed E-state index contributed by atoms with van der Waals surface area (Å²) in [5.41, 5.74) is 7.79. The van der Waals surface area contributed by atoms with Gasteiger partial charge in [-0.2, -0.15) is 0 Å². The smallest absolute Gasteiger partial charge is 0.251 e. The van der Waals surface area contributed by atoms with E-state index < -0.39 is 0 Å². The van der Waals surface area contributed by atoms with Crippen LogP contribution in [0.2, 0.25) is 0 Å². The van der Waals surface area contributed by atoms with Crippen LogP contribution >= 0.6 is 0 Å². The van der Waals surface area contributed by atoms with E-state index in [0.29, 0.717) is 36.7 Å². The van der Waals surface area contributed by atoms with Crippen LogP contribution in [0.4, 0.5) is 4.39 Å². The Hall–Kier alpha value is -2.89. The Morgan fingerprint density at radius 1 is 1.12 bits per heavy atom. The Balaban J connectivity index is 1.66. The van der Waals surface area contributed by atoms with Crippen LogP contribution in [-0.2, 0) is 6.42 Å². The van der Waals surface area contributed by atoms with Gasteiger partial charge in [-0.1, -0.05) is 36.4 Å². The SMILES string of the molecule is Cc1ccc(C(=O)NCCNC(N)=NCCc2ccccc2)cc1F. The predicted molar refractivity (Wildman–Crippen MR) is 98.1 cm³/mol. The lowest BCUT2D eigenvalue weighted by Crippen LogP contribution is -2.38. The average Bonchev–Trinajstić information content (AvgIpc) is 2.62. The Bertz CT molecular complexity index is 731. The Labute approximate surface area is 147 Å². The van der Waals surface area contributed by atoms with Gasteiger partial charge in [-0.3, -0.25) is 9.79 Å². The first-order valence-electron chi connectivity index (χ1n) is 8.18. The molecule has 2 rings (SSSR count). The van der Waals surface area contributed by atoms with Crippen LogP contribution in [0.1, 0.15) is 21.5 Å². The number of guanidine groups is 1. The number of halogens is 1. The molecule has 132 valence electrons. The van der Waals surface area contributed by atoms with E-state index in [1.54, 1.807) is 19.1 Å². The van der Waals surface area contributed by atoms with Crippen molar-refractivity contribution >= 4 is 11.9 Å². The number of hydrogen-bond donors (Lipinski definition) is 3. The lowest BCUT2D eigenvalue weighted by molar-refractivity contribution is 0.0954. The van der Waals surface area contributed by atoms with Crippen LogP contribution in [0.15, 0.2) is 53.5 Å². The van der Waals surface area contributed by atoms with Crippen LogP contribution in [0.25, 0.3) is 0 Å². The van der Waals surface area contributed by atoms with Gasteiger partial charge in [0.05, 0.1) is 0 Å². The van der Waals surface area contributed by atoms with Gasteiger partial charge in [-0.05, 0) is 36.6 Å². The Morgan fingerprint density at radius 2 is 1.84 bits per heavy atom. The summed E-state index contributed by atoms with van der Waals surface area (Å²) in [5.74, 6) is -0.368. The monoisotopic (exact) mass is 342 g/mol. The fraction of sp³-hybridized carbons (Fsp3) is 0.263. The minimum Gasteiger partial charge on any atom is -0.370 e. The number of amides is 1. The highest BCUT2D eigenvalue weighted by Gasteiger charge is 2.07. The van der Waals surface area contributed by atoms with Crippen molar-refractivity contribution in [2.24, 2.45) is 10.7 Å². The Morgan fingerprint density at radius 3 is 2.56 bits per heavy atom. The molecule has 0 radical (unpaired) electrons. The summed E-state index contributed by atoms with van der Waals surface area (Å²) < 4.78 is 13.5. The summed E-state index contributed by atoms with van der Waals surface area (Å²) in [6.45, 7) is 3.06. The molecule has 2 aromatic carbocycles. The summed E-state index contributed by atoms with van der Waals surface area (Å²) in [6.07, 6.45) is 0.818. The number of nitrogens with two attached hydrogens (primary N) is 1. The molecule has 0 aliphatic carbocycles. The second-order valence-corrected chi connectivity index (χ2v) is 5.65. The van der Waals surface area contributed by atoms with Gasteiger partial charge in [0, 0.05) is 25.2 Å². The topological polar surface area (TPSA) is 79.5 Å². The second kappa shape index (κ2) is 9.42. The van der Waals surface area contributed by atoms with E-state index in [9.17, 15) is 9.18 Å². The highest BCUT2D eigenvalue weighted by Crippen LogP contribution is 2.08. The molecule has 0 saturated heterocycles. The lowest BCUT2D eigenvalue weighted by atomic mass is 10.1. The zero-order chi connectivity index (χ0) is 18.1. The van der Waals surface area contributed by atoms with E-state index >= 15 is 0 Å². The maximum atomic E-state index is 13.5. The maximum Gasteiger partial charge on any atom is 0.251 e. The molecular weight excluding hydrogens is 319 g/mol. The predicted octanol–water partition coefficient (Wildman–Crippen LogP) is 2.01. The molecule has 0 bridgehead atoms. The van der Waals surface area contributed by atoms with Crippen molar-refractivity contribution < 1.29 is 9.18 Å². The minimum absolute atomic E-state index is 0.299. The van der Waals surface area contributed by atoms with Crippen molar-refractivity contribution in [3.63, 3.8) is 0 Å². The first-order valence-corrected chi connectivity index (χ1v) is 8.18. The first-order chi connectivity index (χ1) is 12.1. The van der Waals surface area contributed by atoms with Crippen molar-refractivity contribution in [3.05, 3.63) is 71.0 Å². The quantitative estimate of drug-likeness (QED) is 0.409. The van der Waals surface area contributed by atoms with Crippen LogP contribution in [0.3, 0.4) is 0 Å². The fourth-order valence-corrected chi connectivity index (χ4v) is 2.21. The van der Waals surface area contributed by atoms with Crippen molar-refractivity contribution in [2.45, 2.75) is 13.3 Å². The number of carbonyl (C=O) groups excluding carboxylic acids is 1. The van der Waals surface area contributed by atoms with Crippen molar-refractivity contribution in [3.8, 4) is 0 Å². The molecule has 0 heterocycles. The summed E-state index contributed by atoms with van der Waals surface area (Å²) >= 11 is 0. The number of rotatable bonds is 7. The number of benzene rings is 2. The largest absolute Gasteiger partial charge is 0.370 e. The number of carbonyl (C=O) groups is 1. The highest BCUT2D eigenvalue weighted by atomic mass is 19.1. The normalized spacial score (nSPS) is 11.2. The molecule has 4 N–H and O–H groups in total. The summed E-state index contributed by atoms with van der Waals surface area (Å²) in [6, 6.07) is 14.5. The van der Waals surface area contributed by atoms with Gasteiger partial charge in [0.2, 0.25) is 0 Å². The van der Waals surface area contributed by atoms with Gasteiger partial charge < -0.3 is 16.4 Å². The standard InChI is InChI=1S/C19H23FN4O/c1-14-7-8-16(13-17(14)20)18(25)22-11-12-24-19(21)23-10-9-15-5-3-2-4-6-15/h2-8,13H,9-12H2,1H3,(H,22,25)(H3,21,23,24). The van der Waals surface area contributed by atoms with E-state index in [2.05, 4.69) is 15.6 Å². The second-order valence-electron chi connectivity index (χ2n) is 5.65. The molecule has 5 nitrogen and oxygen atoms in total. The van der Waals surface area contributed by atoms with Crippen LogP contribution in [0.5, 0.6) is 0 Å². The average molecular weight is 342 g/mol. The molecule has 0 aromatic heterocycles. The molecule has 2 aromatic rings. The molecule has 0 saturated carbocycles. The molecule has 25 heavy (non-hydrogen) atoms. The Kier molecular flexibility index (Phi) is 6.95. The van der Waals surface area contributed by atoms with Crippen molar-refractivity contribution in [1.29, 1.82) is 0 Å². The molecule has 0 spiro atoms. The first kappa shape index (κ1) is 18.4. The summed E-state index contributed by atoms with van der Waals surface area (Å²) in [4.78, 5) is 16.2. The van der Waals surface area contributed by atoms with Crippen LogP contribution in [-0.4, -0.2) is 31.5 Å². The van der Waals surface area contributed by atoms with Gasteiger partial charge in [0.15, 0.2) is 5.96 Å². The molecule has 0 fully saturated rings. The molecule has 0 atom stereocenters. The number of hydrogen-bond acceptors (Lipinski definition) is 2. The summed E-state index contributed by atoms with van der Waals surface area (Å²) in [7, 11) is 0. The van der Waals surface area contributed by atoms with Gasteiger partial charge in [-0.25, -0.2) is 4.39 Å². The highest BCUT2D eigenvalue weighted by molar-refractivity contribution is 5.94. The van der Waals surface area contributed by atoms with Crippen LogP contribution in [0, 0.1) is 12.7 Å². The maximum absolute atomic E-state index is 13.5. The van der Waals surface area contributed by atoms with E-state index in [1.807, 2.05) is 30.3 Å². The van der Waals surface area contributed by atoms with E-state index in [0.717, 1.165) is 6.42 Å². The molecule has 0 unspecified atom stereocenters. The van der Waals surface area contributed by atoms with E-state index in [4.69, 9.17) is 5.73 Å². The number of nitrogens with zero attached hydrogens (tertiary/aromatic N) is 1. The molecule has 1 amide bonds. The molecule has 0 aliphatic heterocycles. The fourth-order valence-electron chi connectivity index (χ4n) is 2.21. The lowest BCUT2D eigenvalue weighted by Gasteiger charge is -2.08. The van der Waals surface area contributed by atoms with E-state index in [-0.39, 0.29) is 11.7 Å². The van der Waals surface area contributed by atoms with Gasteiger partial charge >= 0.3 is 0 Å². The molecule has 6 heteroatoms. The van der Waals surface area contributed by atoms with Crippen molar-refractivity contribution in [1.82, 2.24) is 10.6 Å². The zero-order valence-electron chi connectivity index (χ0n) is 14.3. The van der Waals surface area contributed by atoms with Crippen LogP contribution < -0.4 is 16.4 Å². The minimum atomic E-state index is -0.388. The molecule has 0 aliphatic rings. The number of aliphatic imine (C=N–C) groups is 1.